The Morgan fingerprint density at radius 1 is 1.09 bits per heavy atom. The molecule has 9 heteroatoms. The molecule has 0 aliphatic carbocycles. The molecule has 0 radical (unpaired) electrons. The minimum Gasteiger partial charge on any atom is -0.323 e. The summed E-state index contributed by atoms with van der Waals surface area (Å²) in [6.07, 6.45) is 13.2. The molecule has 5 heterocycles. The second-order valence-electron chi connectivity index (χ2n) is 9.28. The second kappa shape index (κ2) is 7.88. The van der Waals surface area contributed by atoms with Crippen LogP contribution in [0.4, 0.5) is 11.6 Å². The summed E-state index contributed by atoms with van der Waals surface area (Å²) >= 11 is 0. The maximum Gasteiger partial charge on any atom is 0.252 e. The molecule has 1 N–H and O–H groups in total. The lowest BCUT2D eigenvalue weighted by molar-refractivity contribution is 0.456. The van der Waals surface area contributed by atoms with Crippen LogP contribution >= 0.6 is 10.0 Å². The summed E-state index contributed by atoms with van der Waals surface area (Å²) in [5.74, 6) is 2.93. The second-order valence-corrected chi connectivity index (χ2v) is 13.6. The standard InChI is InChI=1S/C23H29N7OS/c1-15-11-21(31)30(17-6-5-8-32(3,4)9-7-17)22-18(15)12-24-23(28-22)27-19-13-29-20(10-16(19)2)25-14-26-29/h10-14,17H,5-9H2,1-4H3,(H,24,27,28). The van der Waals surface area contributed by atoms with Gasteiger partial charge in [-0.3, -0.25) is 9.36 Å². The van der Waals surface area contributed by atoms with Crippen molar-refractivity contribution in [2.75, 3.05) is 29.3 Å². The molecule has 1 fully saturated rings. The van der Waals surface area contributed by atoms with Crippen molar-refractivity contribution in [1.82, 2.24) is 29.1 Å². The van der Waals surface area contributed by atoms with E-state index in [0.29, 0.717) is 11.6 Å². The third kappa shape index (κ3) is 3.85. The van der Waals surface area contributed by atoms with Gasteiger partial charge in [0.25, 0.3) is 5.56 Å². The van der Waals surface area contributed by atoms with Gasteiger partial charge in [0.1, 0.15) is 12.0 Å². The zero-order valence-electron chi connectivity index (χ0n) is 19.0. The zero-order chi connectivity index (χ0) is 22.5. The van der Waals surface area contributed by atoms with Crippen LogP contribution in [0.15, 0.2) is 35.6 Å². The van der Waals surface area contributed by atoms with E-state index in [1.807, 2.05) is 36.9 Å². The SMILES string of the molecule is Cc1cc2ncnn2cc1Nc1ncc2c(C)cc(=O)n(C3CCCS(C)(C)CC3)c2n1. The lowest BCUT2D eigenvalue weighted by Crippen LogP contribution is -2.26. The Labute approximate surface area is 188 Å². The van der Waals surface area contributed by atoms with Crippen molar-refractivity contribution in [3.8, 4) is 0 Å². The van der Waals surface area contributed by atoms with Crippen LogP contribution in [0.3, 0.4) is 0 Å². The molecule has 32 heavy (non-hydrogen) atoms. The number of nitrogens with one attached hydrogen (secondary N) is 1. The highest BCUT2D eigenvalue weighted by atomic mass is 32.3. The van der Waals surface area contributed by atoms with E-state index in [2.05, 4.69) is 32.9 Å². The summed E-state index contributed by atoms with van der Waals surface area (Å²) in [6.45, 7) is 3.96. The normalized spacial score (nSPS) is 19.7. The molecule has 0 spiro atoms. The van der Waals surface area contributed by atoms with Crippen LogP contribution < -0.4 is 10.9 Å². The molecule has 1 saturated heterocycles. The molecule has 0 amide bonds. The molecule has 4 aromatic rings. The highest BCUT2D eigenvalue weighted by Gasteiger charge is 2.24. The smallest absolute Gasteiger partial charge is 0.252 e. The van der Waals surface area contributed by atoms with E-state index in [0.717, 1.165) is 47.1 Å². The summed E-state index contributed by atoms with van der Waals surface area (Å²) in [5.41, 5.74) is 4.31. The van der Waals surface area contributed by atoms with Gasteiger partial charge in [-0.1, -0.05) is 0 Å². The van der Waals surface area contributed by atoms with E-state index in [9.17, 15) is 4.79 Å². The molecule has 168 valence electrons. The fraction of sp³-hybridized carbons (Fsp3) is 0.435. The van der Waals surface area contributed by atoms with Gasteiger partial charge in [-0.05, 0) is 74.3 Å². The molecule has 0 aromatic carbocycles. The molecule has 0 bridgehead atoms. The van der Waals surface area contributed by atoms with Crippen molar-refractivity contribution in [2.24, 2.45) is 0 Å². The van der Waals surface area contributed by atoms with Crippen molar-refractivity contribution in [3.05, 3.63) is 52.3 Å². The van der Waals surface area contributed by atoms with E-state index >= 15 is 0 Å². The van der Waals surface area contributed by atoms with Gasteiger partial charge < -0.3 is 5.32 Å². The summed E-state index contributed by atoms with van der Waals surface area (Å²) in [5, 5.41) is 8.46. The van der Waals surface area contributed by atoms with Crippen LogP contribution in [0, 0.1) is 13.8 Å². The van der Waals surface area contributed by atoms with E-state index in [4.69, 9.17) is 4.98 Å². The maximum absolute atomic E-state index is 13.1. The lowest BCUT2D eigenvalue weighted by atomic mass is 10.1. The molecule has 1 aliphatic rings. The Morgan fingerprint density at radius 3 is 2.78 bits per heavy atom. The minimum atomic E-state index is -0.575. The number of fused-ring (bicyclic) bond motifs is 2. The van der Waals surface area contributed by atoms with Gasteiger partial charge in [-0.25, -0.2) is 24.5 Å². The molecular weight excluding hydrogens is 422 g/mol. The van der Waals surface area contributed by atoms with E-state index in [1.165, 1.54) is 17.8 Å². The summed E-state index contributed by atoms with van der Waals surface area (Å²) in [4.78, 5) is 26.8. The molecule has 1 aliphatic heterocycles. The molecular formula is C23H29N7OS. The van der Waals surface area contributed by atoms with Crippen molar-refractivity contribution < 1.29 is 0 Å². The number of anilines is 2. The van der Waals surface area contributed by atoms with E-state index < -0.39 is 10.0 Å². The third-order valence-electron chi connectivity index (χ3n) is 6.47. The monoisotopic (exact) mass is 451 g/mol. The Hall–Kier alpha value is -2.94. The molecule has 5 rings (SSSR count). The first kappa shape index (κ1) is 20.9. The Kier molecular flexibility index (Phi) is 5.16. The minimum absolute atomic E-state index is 0.0274. The number of pyridine rings is 2. The Balaban J connectivity index is 1.58. The van der Waals surface area contributed by atoms with Gasteiger partial charge in [-0.2, -0.15) is 10.1 Å². The summed E-state index contributed by atoms with van der Waals surface area (Å²) in [6, 6.07) is 3.87. The first-order valence-electron chi connectivity index (χ1n) is 11.0. The van der Waals surface area contributed by atoms with Crippen LogP contribution in [0.25, 0.3) is 16.7 Å². The molecule has 1 atom stereocenters. The Bertz CT molecular complexity index is 1370. The van der Waals surface area contributed by atoms with Gasteiger partial charge in [-0.15, -0.1) is 0 Å². The number of nitrogens with zero attached hydrogens (tertiary/aromatic N) is 6. The van der Waals surface area contributed by atoms with Gasteiger partial charge in [0, 0.05) is 23.7 Å². The number of aryl methyl sites for hydroxylation is 2. The third-order valence-corrected chi connectivity index (χ3v) is 9.21. The highest BCUT2D eigenvalue weighted by molar-refractivity contribution is 8.32. The largest absolute Gasteiger partial charge is 0.323 e. The molecule has 0 saturated carbocycles. The topological polar surface area (TPSA) is 90.0 Å². The van der Waals surface area contributed by atoms with E-state index in [-0.39, 0.29) is 11.6 Å². The summed E-state index contributed by atoms with van der Waals surface area (Å²) < 4.78 is 3.63. The molecule has 8 nitrogen and oxygen atoms in total. The van der Waals surface area contributed by atoms with Gasteiger partial charge in [0.15, 0.2) is 5.65 Å². The zero-order valence-corrected chi connectivity index (χ0v) is 19.8. The van der Waals surface area contributed by atoms with Gasteiger partial charge in [0.05, 0.1) is 11.9 Å². The van der Waals surface area contributed by atoms with Crippen molar-refractivity contribution in [1.29, 1.82) is 0 Å². The predicted molar refractivity (Wildman–Crippen MR) is 132 cm³/mol. The molecule has 1 unspecified atom stereocenters. The van der Waals surface area contributed by atoms with Crippen molar-refractivity contribution >= 4 is 38.3 Å². The first-order valence-corrected chi connectivity index (χ1v) is 13.7. The van der Waals surface area contributed by atoms with Crippen LogP contribution in [-0.4, -0.2) is 53.2 Å². The maximum atomic E-state index is 13.1. The Morgan fingerprint density at radius 2 is 1.94 bits per heavy atom. The van der Waals surface area contributed by atoms with Crippen LogP contribution in [0.5, 0.6) is 0 Å². The number of aromatic nitrogens is 6. The quantitative estimate of drug-likeness (QED) is 0.507. The predicted octanol–water partition coefficient (Wildman–Crippen LogP) is 3.98. The summed E-state index contributed by atoms with van der Waals surface area (Å²) in [7, 11) is -0.575. The average Bonchev–Trinajstić information content (AvgIpc) is 3.10. The number of hydrogen-bond acceptors (Lipinski definition) is 6. The van der Waals surface area contributed by atoms with Crippen LogP contribution in [0.2, 0.25) is 0 Å². The number of hydrogen-bond donors (Lipinski definition) is 1. The van der Waals surface area contributed by atoms with Gasteiger partial charge >= 0.3 is 0 Å². The van der Waals surface area contributed by atoms with Crippen LogP contribution in [0.1, 0.15) is 36.4 Å². The molecule has 4 aromatic heterocycles. The fourth-order valence-corrected chi connectivity index (χ4v) is 6.63. The first-order chi connectivity index (χ1) is 15.3. The average molecular weight is 452 g/mol. The van der Waals surface area contributed by atoms with Crippen molar-refractivity contribution in [2.45, 2.75) is 39.2 Å². The van der Waals surface area contributed by atoms with Crippen LogP contribution in [-0.2, 0) is 0 Å². The number of rotatable bonds is 3. The fourth-order valence-electron chi connectivity index (χ4n) is 4.56. The van der Waals surface area contributed by atoms with Gasteiger partial charge in [0.2, 0.25) is 5.95 Å². The van der Waals surface area contributed by atoms with Crippen molar-refractivity contribution in [3.63, 3.8) is 0 Å². The van der Waals surface area contributed by atoms with E-state index in [1.54, 1.807) is 10.6 Å². The highest BCUT2D eigenvalue weighted by Crippen LogP contribution is 2.46. The lowest BCUT2D eigenvalue weighted by Gasteiger charge is -2.29.